The summed E-state index contributed by atoms with van der Waals surface area (Å²) in [4.78, 5) is 14.3. The first-order valence-electron chi connectivity index (χ1n) is 7.48. The Hall–Kier alpha value is -2.10. The molecule has 1 fully saturated rings. The fraction of sp³-hybridized carbons (Fsp3) is 0.412. The number of rotatable bonds is 5. The quantitative estimate of drug-likeness (QED) is 0.846. The molecule has 1 saturated carbocycles. The molecule has 1 amide bonds. The molecule has 110 valence electrons. The maximum atomic E-state index is 12.5. The first-order chi connectivity index (χ1) is 10.1. The molecule has 1 unspecified atom stereocenters. The molecule has 21 heavy (non-hydrogen) atoms. The van der Waals surface area contributed by atoms with E-state index in [2.05, 4.69) is 12.0 Å². The molecule has 1 aromatic carbocycles. The van der Waals surface area contributed by atoms with E-state index in [1.54, 1.807) is 6.20 Å². The van der Waals surface area contributed by atoms with Gasteiger partial charge in [-0.3, -0.25) is 9.48 Å². The second-order valence-corrected chi connectivity index (χ2v) is 5.89. The van der Waals surface area contributed by atoms with Gasteiger partial charge in [-0.2, -0.15) is 5.10 Å². The average Bonchev–Trinajstić information content (AvgIpc) is 3.24. The van der Waals surface area contributed by atoms with Gasteiger partial charge in [0.25, 0.3) is 5.91 Å². The van der Waals surface area contributed by atoms with Crippen molar-refractivity contribution in [1.29, 1.82) is 0 Å². The summed E-state index contributed by atoms with van der Waals surface area (Å²) in [6.45, 7) is 2.87. The topological polar surface area (TPSA) is 38.1 Å². The number of benzene rings is 1. The molecule has 2 aromatic rings. The molecule has 4 nitrogen and oxygen atoms in total. The van der Waals surface area contributed by atoms with Gasteiger partial charge in [0, 0.05) is 31.0 Å². The predicted octanol–water partition coefficient (Wildman–Crippen LogP) is 2.80. The zero-order valence-corrected chi connectivity index (χ0v) is 12.6. The zero-order chi connectivity index (χ0) is 14.8. The summed E-state index contributed by atoms with van der Waals surface area (Å²) >= 11 is 0. The summed E-state index contributed by atoms with van der Waals surface area (Å²) in [6, 6.07) is 10.1. The Bertz CT molecular complexity index is 599. The van der Waals surface area contributed by atoms with Crippen LogP contribution < -0.4 is 0 Å². The van der Waals surface area contributed by atoms with Crippen molar-refractivity contribution in [3.63, 3.8) is 0 Å². The van der Waals surface area contributed by atoms with Crippen LogP contribution in [0.15, 0.2) is 42.7 Å². The van der Waals surface area contributed by atoms with Gasteiger partial charge in [0.2, 0.25) is 0 Å². The van der Waals surface area contributed by atoms with E-state index in [1.807, 2.05) is 53.2 Å². The Morgan fingerprint density at radius 1 is 1.38 bits per heavy atom. The predicted molar refractivity (Wildman–Crippen MR) is 82.1 cm³/mol. The summed E-state index contributed by atoms with van der Waals surface area (Å²) in [5.74, 6) is 0.804. The van der Waals surface area contributed by atoms with Crippen LogP contribution >= 0.6 is 0 Å². The van der Waals surface area contributed by atoms with Gasteiger partial charge < -0.3 is 4.90 Å². The fourth-order valence-electron chi connectivity index (χ4n) is 2.62. The lowest BCUT2D eigenvalue weighted by atomic mass is 10.1. The highest BCUT2D eigenvalue weighted by atomic mass is 16.2. The van der Waals surface area contributed by atoms with Gasteiger partial charge >= 0.3 is 0 Å². The summed E-state index contributed by atoms with van der Waals surface area (Å²) in [6.07, 6.45) is 6.21. The van der Waals surface area contributed by atoms with E-state index in [1.165, 1.54) is 12.8 Å². The van der Waals surface area contributed by atoms with Gasteiger partial charge in [-0.05, 0) is 49.4 Å². The SMILES string of the molecule is CC(C1CC1)N(C)C(=O)c1ccc(Cn2cccn2)cc1. The fourth-order valence-corrected chi connectivity index (χ4v) is 2.62. The maximum Gasteiger partial charge on any atom is 0.253 e. The highest BCUT2D eigenvalue weighted by Gasteiger charge is 2.32. The van der Waals surface area contributed by atoms with Crippen molar-refractivity contribution in [1.82, 2.24) is 14.7 Å². The summed E-state index contributed by atoms with van der Waals surface area (Å²) in [5, 5.41) is 4.19. The Kier molecular flexibility index (Phi) is 3.78. The van der Waals surface area contributed by atoms with Crippen LogP contribution in [0.3, 0.4) is 0 Å². The molecular formula is C17H21N3O. The molecule has 0 spiro atoms. The van der Waals surface area contributed by atoms with Crippen LogP contribution in [-0.4, -0.2) is 33.7 Å². The largest absolute Gasteiger partial charge is 0.339 e. The molecule has 0 N–H and O–H groups in total. The highest BCUT2D eigenvalue weighted by Crippen LogP contribution is 2.35. The minimum Gasteiger partial charge on any atom is -0.339 e. The van der Waals surface area contributed by atoms with Crippen LogP contribution in [0, 0.1) is 5.92 Å². The number of amides is 1. The van der Waals surface area contributed by atoms with Gasteiger partial charge in [-0.15, -0.1) is 0 Å². The lowest BCUT2D eigenvalue weighted by Gasteiger charge is -2.25. The standard InChI is InChI=1S/C17H21N3O/c1-13(15-8-9-15)19(2)17(21)16-6-4-14(5-7-16)12-20-11-3-10-18-20/h3-7,10-11,13,15H,8-9,12H2,1-2H3. The third-order valence-electron chi connectivity index (χ3n) is 4.34. The highest BCUT2D eigenvalue weighted by molar-refractivity contribution is 5.94. The van der Waals surface area contributed by atoms with Crippen molar-refractivity contribution in [2.75, 3.05) is 7.05 Å². The first-order valence-corrected chi connectivity index (χ1v) is 7.48. The summed E-state index contributed by atoms with van der Waals surface area (Å²) in [7, 11) is 1.91. The number of nitrogens with zero attached hydrogens (tertiary/aromatic N) is 3. The van der Waals surface area contributed by atoms with Gasteiger partial charge in [0.1, 0.15) is 0 Å². The number of aromatic nitrogens is 2. The van der Waals surface area contributed by atoms with E-state index in [9.17, 15) is 4.79 Å². The monoisotopic (exact) mass is 283 g/mol. The molecule has 1 aromatic heterocycles. The molecule has 1 heterocycles. The number of hydrogen-bond donors (Lipinski definition) is 0. The van der Waals surface area contributed by atoms with Crippen LogP contribution in [0.2, 0.25) is 0 Å². The van der Waals surface area contributed by atoms with E-state index in [4.69, 9.17) is 0 Å². The number of carbonyl (C=O) groups is 1. The van der Waals surface area contributed by atoms with E-state index < -0.39 is 0 Å². The molecule has 0 saturated heterocycles. The van der Waals surface area contributed by atoms with E-state index in [0.29, 0.717) is 12.0 Å². The van der Waals surface area contributed by atoms with Gasteiger partial charge in [0.05, 0.1) is 6.54 Å². The molecule has 0 bridgehead atoms. The third-order valence-corrected chi connectivity index (χ3v) is 4.34. The normalized spacial score (nSPS) is 15.7. The van der Waals surface area contributed by atoms with Crippen LogP contribution in [-0.2, 0) is 6.54 Å². The molecule has 0 aliphatic heterocycles. The summed E-state index contributed by atoms with van der Waals surface area (Å²) < 4.78 is 1.87. The van der Waals surface area contributed by atoms with Crippen molar-refractivity contribution >= 4 is 5.91 Å². The number of carbonyl (C=O) groups excluding carboxylic acids is 1. The van der Waals surface area contributed by atoms with Crippen molar-refractivity contribution in [2.45, 2.75) is 32.4 Å². The van der Waals surface area contributed by atoms with Crippen molar-refractivity contribution in [2.24, 2.45) is 5.92 Å². The molecule has 1 aliphatic rings. The number of hydrogen-bond acceptors (Lipinski definition) is 2. The minimum atomic E-state index is 0.111. The van der Waals surface area contributed by atoms with Gasteiger partial charge in [-0.1, -0.05) is 12.1 Å². The van der Waals surface area contributed by atoms with Crippen molar-refractivity contribution in [3.8, 4) is 0 Å². The second kappa shape index (κ2) is 5.72. The van der Waals surface area contributed by atoms with Crippen LogP contribution in [0.25, 0.3) is 0 Å². The van der Waals surface area contributed by atoms with E-state index in [-0.39, 0.29) is 5.91 Å². The maximum absolute atomic E-state index is 12.5. The van der Waals surface area contributed by atoms with Crippen LogP contribution in [0.5, 0.6) is 0 Å². The van der Waals surface area contributed by atoms with Crippen molar-refractivity contribution in [3.05, 3.63) is 53.9 Å². The lowest BCUT2D eigenvalue weighted by molar-refractivity contribution is 0.0727. The molecule has 1 aliphatic carbocycles. The van der Waals surface area contributed by atoms with E-state index >= 15 is 0 Å². The Morgan fingerprint density at radius 3 is 2.67 bits per heavy atom. The molecule has 3 rings (SSSR count). The van der Waals surface area contributed by atoms with Gasteiger partial charge in [-0.25, -0.2) is 0 Å². The third kappa shape index (κ3) is 3.15. The van der Waals surface area contributed by atoms with Crippen LogP contribution in [0.4, 0.5) is 0 Å². The Balaban J connectivity index is 1.66. The van der Waals surface area contributed by atoms with Crippen LogP contribution in [0.1, 0.15) is 35.7 Å². The van der Waals surface area contributed by atoms with Crippen molar-refractivity contribution < 1.29 is 4.79 Å². The average molecular weight is 283 g/mol. The molecular weight excluding hydrogens is 262 g/mol. The molecule has 1 atom stereocenters. The minimum absolute atomic E-state index is 0.111. The molecule has 4 heteroatoms. The second-order valence-electron chi connectivity index (χ2n) is 5.89. The lowest BCUT2D eigenvalue weighted by Crippen LogP contribution is -2.36. The zero-order valence-electron chi connectivity index (χ0n) is 12.6. The molecule has 0 radical (unpaired) electrons. The Morgan fingerprint density at radius 2 is 2.10 bits per heavy atom. The first kappa shape index (κ1) is 13.9. The smallest absolute Gasteiger partial charge is 0.253 e. The van der Waals surface area contributed by atoms with E-state index in [0.717, 1.165) is 17.7 Å². The summed E-state index contributed by atoms with van der Waals surface area (Å²) in [5.41, 5.74) is 1.90. The van der Waals surface area contributed by atoms with Gasteiger partial charge in [0.15, 0.2) is 0 Å². The Labute approximate surface area is 125 Å².